The second kappa shape index (κ2) is 8.40. The fraction of sp³-hybridized carbons (Fsp3) is 0.333. The Morgan fingerprint density at radius 1 is 1.20 bits per heavy atom. The topological polar surface area (TPSA) is 111 Å². The molecule has 0 radical (unpaired) electrons. The highest BCUT2D eigenvalue weighted by molar-refractivity contribution is 6.08. The number of nitrogens with zero attached hydrogens (tertiary/aromatic N) is 2. The lowest BCUT2D eigenvalue weighted by Gasteiger charge is -2.38. The number of ether oxygens (including phenoxy) is 2. The molecule has 0 bridgehead atoms. The first kappa shape index (κ1) is 21.1. The van der Waals surface area contributed by atoms with E-state index < -0.39 is 28.9 Å². The van der Waals surface area contributed by atoms with E-state index in [1.165, 1.54) is 23.1 Å². The van der Waals surface area contributed by atoms with E-state index >= 15 is 0 Å². The van der Waals surface area contributed by atoms with Crippen molar-refractivity contribution in [3.8, 4) is 11.5 Å². The number of nitrogens with one attached hydrogen (secondary N) is 1. The zero-order chi connectivity index (χ0) is 22.0. The summed E-state index contributed by atoms with van der Waals surface area (Å²) in [5.74, 6) is -0.0423. The van der Waals surface area contributed by atoms with Gasteiger partial charge in [0.2, 0.25) is 5.91 Å². The predicted molar refractivity (Wildman–Crippen MR) is 111 cm³/mol. The number of hydrogen-bond acceptors (Lipinski definition) is 6. The van der Waals surface area contributed by atoms with Gasteiger partial charge in [0, 0.05) is 17.8 Å². The third-order valence-corrected chi connectivity index (χ3v) is 4.88. The molecule has 1 N–H and O–H groups in total. The molecule has 2 aromatic rings. The maximum Gasteiger partial charge on any atom is 0.271 e. The molecule has 3 rings (SSSR count). The van der Waals surface area contributed by atoms with Gasteiger partial charge >= 0.3 is 0 Å². The number of non-ortho nitro benzene ring substituents is 1. The molecular formula is C21H23N3O6. The average Bonchev–Trinajstić information content (AvgIpc) is 2.72. The summed E-state index contributed by atoms with van der Waals surface area (Å²) in [6.45, 7) is 5.24. The van der Waals surface area contributed by atoms with E-state index in [9.17, 15) is 19.7 Å². The van der Waals surface area contributed by atoms with Crippen molar-refractivity contribution in [2.75, 3.05) is 17.3 Å². The van der Waals surface area contributed by atoms with E-state index in [2.05, 4.69) is 5.32 Å². The molecule has 158 valence electrons. The minimum Gasteiger partial charge on any atom is -0.497 e. The van der Waals surface area contributed by atoms with Crippen LogP contribution in [0.1, 0.15) is 20.8 Å². The molecule has 0 saturated carbocycles. The Kier molecular flexibility index (Phi) is 5.91. The minimum absolute atomic E-state index is 0.153. The maximum atomic E-state index is 13.1. The number of anilines is 2. The van der Waals surface area contributed by atoms with Crippen LogP contribution in [0.4, 0.5) is 17.1 Å². The van der Waals surface area contributed by atoms with Crippen molar-refractivity contribution in [2.24, 2.45) is 5.92 Å². The van der Waals surface area contributed by atoms with Gasteiger partial charge in [-0.05, 0) is 43.2 Å². The number of nitro groups is 1. The van der Waals surface area contributed by atoms with E-state index in [0.717, 1.165) is 0 Å². The first-order valence-electron chi connectivity index (χ1n) is 9.46. The van der Waals surface area contributed by atoms with Gasteiger partial charge in [0.25, 0.3) is 11.6 Å². The van der Waals surface area contributed by atoms with Crippen LogP contribution in [0.3, 0.4) is 0 Å². The molecule has 0 saturated heterocycles. The van der Waals surface area contributed by atoms with E-state index in [-0.39, 0.29) is 17.3 Å². The van der Waals surface area contributed by atoms with E-state index in [1.807, 2.05) is 13.8 Å². The molecule has 2 unspecified atom stereocenters. The number of carbonyl (C=O) groups excluding carboxylic acids is 2. The number of benzene rings is 2. The summed E-state index contributed by atoms with van der Waals surface area (Å²) in [6.07, 6.45) is -0.796. The normalized spacial score (nSPS) is 16.5. The number of rotatable bonds is 6. The van der Waals surface area contributed by atoms with Crippen molar-refractivity contribution < 1.29 is 24.0 Å². The summed E-state index contributed by atoms with van der Waals surface area (Å²) < 4.78 is 10.9. The lowest BCUT2D eigenvalue weighted by atomic mass is 10.0. The van der Waals surface area contributed by atoms with E-state index in [1.54, 1.807) is 38.3 Å². The van der Waals surface area contributed by atoms with Gasteiger partial charge in [-0.3, -0.25) is 24.6 Å². The van der Waals surface area contributed by atoms with E-state index in [0.29, 0.717) is 17.2 Å². The Morgan fingerprint density at radius 3 is 2.43 bits per heavy atom. The Balaban J connectivity index is 1.94. The second-order valence-corrected chi connectivity index (χ2v) is 7.29. The molecule has 2 aromatic carbocycles. The fourth-order valence-corrected chi connectivity index (χ4v) is 3.21. The monoisotopic (exact) mass is 413 g/mol. The average molecular weight is 413 g/mol. The van der Waals surface area contributed by atoms with Crippen LogP contribution in [0.5, 0.6) is 11.5 Å². The first-order valence-corrected chi connectivity index (χ1v) is 9.46. The molecule has 1 aliphatic heterocycles. The Labute approximate surface area is 173 Å². The molecule has 30 heavy (non-hydrogen) atoms. The predicted octanol–water partition coefficient (Wildman–Crippen LogP) is 3.38. The van der Waals surface area contributed by atoms with Gasteiger partial charge in [0.15, 0.2) is 6.10 Å². The largest absolute Gasteiger partial charge is 0.497 e. The molecule has 1 heterocycles. The van der Waals surface area contributed by atoms with Crippen LogP contribution in [0.25, 0.3) is 0 Å². The number of fused-ring (bicyclic) bond motifs is 1. The molecular weight excluding hydrogens is 390 g/mol. The standard InChI is InChI=1S/C21H23N3O6/c1-12(2)19-21(26)23(17-11-15(24(27)28)7-10-18(17)30-19)13(3)20(25)22-14-5-8-16(29-4)9-6-14/h5-13,19H,1-4H3,(H,22,25). The first-order chi connectivity index (χ1) is 14.2. The van der Waals surface area contributed by atoms with Gasteiger partial charge in [-0.15, -0.1) is 0 Å². The summed E-state index contributed by atoms with van der Waals surface area (Å²) >= 11 is 0. The molecule has 2 amide bonds. The summed E-state index contributed by atoms with van der Waals surface area (Å²) in [4.78, 5) is 38.0. The molecule has 9 heteroatoms. The number of amides is 2. The molecule has 9 nitrogen and oxygen atoms in total. The highest BCUT2D eigenvalue weighted by Crippen LogP contribution is 2.39. The second-order valence-electron chi connectivity index (χ2n) is 7.29. The van der Waals surface area contributed by atoms with Gasteiger partial charge in [-0.25, -0.2) is 0 Å². The summed E-state index contributed by atoms with van der Waals surface area (Å²) in [5, 5.41) is 14.0. The van der Waals surface area contributed by atoms with Gasteiger partial charge in [0.1, 0.15) is 17.5 Å². The lowest BCUT2D eigenvalue weighted by molar-refractivity contribution is -0.384. The maximum absolute atomic E-state index is 13.1. The van der Waals surface area contributed by atoms with Crippen molar-refractivity contribution in [3.05, 3.63) is 52.6 Å². The summed E-state index contributed by atoms with van der Waals surface area (Å²) in [6, 6.07) is 9.86. The van der Waals surface area contributed by atoms with Crippen molar-refractivity contribution in [1.29, 1.82) is 0 Å². The highest BCUT2D eigenvalue weighted by Gasteiger charge is 2.41. The Hall–Kier alpha value is -3.62. The quantitative estimate of drug-likeness (QED) is 0.574. The summed E-state index contributed by atoms with van der Waals surface area (Å²) in [5.41, 5.74) is 0.539. The number of carbonyl (C=O) groups is 2. The fourth-order valence-electron chi connectivity index (χ4n) is 3.21. The van der Waals surface area contributed by atoms with Gasteiger partial charge in [-0.2, -0.15) is 0 Å². The number of nitro benzene ring substituents is 1. The molecule has 1 aliphatic rings. The van der Waals surface area contributed by atoms with Crippen LogP contribution in [0, 0.1) is 16.0 Å². The number of hydrogen-bond donors (Lipinski definition) is 1. The molecule has 0 spiro atoms. The SMILES string of the molecule is COc1ccc(NC(=O)C(C)N2C(=O)C(C(C)C)Oc3ccc([N+](=O)[O-])cc32)cc1. The number of methoxy groups -OCH3 is 1. The van der Waals surface area contributed by atoms with Crippen molar-refractivity contribution >= 4 is 28.9 Å². The Bertz CT molecular complexity index is 973. The third kappa shape index (κ3) is 4.05. The zero-order valence-electron chi connectivity index (χ0n) is 17.1. The molecule has 2 atom stereocenters. The van der Waals surface area contributed by atoms with Crippen molar-refractivity contribution in [2.45, 2.75) is 32.9 Å². The third-order valence-electron chi connectivity index (χ3n) is 4.88. The van der Waals surface area contributed by atoms with Crippen LogP contribution in [-0.4, -0.2) is 36.0 Å². The van der Waals surface area contributed by atoms with Gasteiger partial charge in [0.05, 0.1) is 17.7 Å². The van der Waals surface area contributed by atoms with Crippen molar-refractivity contribution in [1.82, 2.24) is 0 Å². The van der Waals surface area contributed by atoms with Crippen molar-refractivity contribution in [3.63, 3.8) is 0 Å². The lowest BCUT2D eigenvalue weighted by Crippen LogP contribution is -2.55. The highest BCUT2D eigenvalue weighted by atomic mass is 16.6. The summed E-state index contributed by atoms with van der Waals surface area (Å²) in [7, 11) is 1.54. The van der Waals surface area contributed by atoms with Gasteiger partial charge in [-0.1, -0.05) is 13.8 Å². The van der Waals surface area contributed by atoms with Crippen LogP contribution in [-0.2, 0) is 9.59 Å². The molecule has 0 aromatic heterocycles. The van der Waals surface area contributed by atoms with Gasteiger partial charge < -0.3 is 14.8 Å². The smallest absolute Gasteiger partial charge is 0.271 e. The van der Waals surface area contributed by atoms with E-state index in [4.69, 9.17) is 9.47 Å². The molecule has 0 aliphatic carbocycles. The Morgan fingerprint density at radius 2 is 1.87 bits per heavy atom. The van der Waals surface area contributed by atoms with Crippen LogP contribution in [0.2, 0.25) is 0 Å². The zero-order valence-corrected chi connectivity index (χ0v) is 17.1. The van der Waals surface area contributed by atoms with Crippen LogP contribution in [0.15, 0.2) is 42.5 Å². The minimum atomic E-state index is -0.925. The molecule has 0 fully saturated rings. The van der Waals surface area contributed by atoms with Crippen LogP contribution >= 0.6 is 0 Å². The van der Waals surface area contributed by atoms with Crippen LogP contribution < -0.4 is 19.7 Å².